The minimum atomic E-state index is 0.599. The Morgan fingerprint density at radius 2 is 2.23 bits per heavy atom. The summed E-state index contributed by atoms with van der Waals surface area (Å²) in [6, 6.07) is 5.79. The van der Waals surface area contributed by atoms with E-state index < -0.39 is 0 Å². The Kier molecular flexibility index (Phi) is 4.43. The van der Waals surface area contributed by atoms with Crippen LogP contribution >= 0.6 is 11.8 Å². The molecule has 2 heterocycles. The number of imidazole rings is 1. The van der Waals surface area contributed by atoms with Gasteiger partial charge in [-0.1, -0.05) is 0 Å². The summed E-state index contributed by atoms with van der Waals surface area (Å²) in [5.41, 5.74) is 0.867. The Balaban J connectivity index is 2.08. The average molecular weight is 315 g/mol. The zero-order chi connectivity index (χ0) is 15.4. The maximum Gasteiger partial charge on any atom is 0.237 e. The molecule has 0 aliphatic rings. The first-order valence-corrected chi connectivity index (χ1v) is 8.28. The Labute approximate surface area is 132 Å². The van der Waals surface area contributed by atoms with Crippen molar-refractivity contribution in [1.29, 1.82) is 0 Å². The summed E-state index contributed by atoms with van der Waals surface area (Å²) < 4.78 is 7.10. The van der Waals surface area contributed by atoms with Crippen LogP contribution in [-0.4, -0.2) is 45.2 Å². The number of hydrogen-bond acceptors (Lipinski definition) is 6. The van der Waals surface area contributed by atoms with Crippen molar-refractivity contribution in [2.75, 3.05) is 31.0 Å². The molecule has 0 aliphatic carbocycles. The number of benzene rings is 1. The first-order valence-electron chi connectivity index (χ1n) is 6.89. The molecule has 0 atom stereocenters. The van der Waals surface area contributed by atoms with Gasteiger partial charge < -0.3 is 10.1 Å². The van der Waals surface area contributed by atoms with Gasteiger partial charge in [-0.3, -0.25) is 4.57 Å². The van der Waals surface area contributed by atoms with Crippen molar-refractivity contribution >= 4 is 28.5 Å². The van der Waals surface area contributed by atoms with Gasteiger partial charge >= 0.3 is 0 Å². The molecule has 0 saturated carbocycles. The molecule has 0 spiro atoms. The van der Waals surface area contributed by atoms with Crippen molar-refractivity contribution in [3.63, 3.8) is 0 Å². The van der Waals surface area contributed by atoms with Crippen LogP contribution in [0.1, 0.15) is 0 Å². The van der Waals surface area contributed by atoms with Crippen LogP contribution in [-0.2, 0) is 0 Å². The van der Waals surface area contributed by atoms with Gasteiger partial charge in [0.05, 0.1) is 12.6 Å². The first kappa shape index (κ1) is 14.6. The smallest absolute Gasteiger partial charge is 0.237 e. The zero-order valence-electron chi connectivity index (χ0n) is 12.5. The van der Waals surface area contributed by atoms with Crippen LogP contribution in [0.4, 0.5) is 5.82 Å². The maximum absolute atomic E-state index is 5.30. The van der Waals surface area contributed by atoms with Crippen LogP contribution in [0.2, 0.25) is 0 Å². The molecule has 0 bridgehead atoms. The van der Waals surface area contributed by atoms with Gasteiger partial charge in [0.1, 0.15) is 17.9 Å². The quantitative estimate of drug-likeness (QED) is 0.705. The minimum absolute atomic E-state index is 0.599. The normalized spacial score (nSPS) is 10.8. The van der Waals surface area contributed by atoms with Gasteiger partial charge in [0.2, 0.25) is 5.95 Å². The van der Waals surface area contributed by atoms with Crippen LogP contribution < -0.4 is 10.1 Å². The highest BCUT2D eigenvalue weighted by molar-refractivity contribution is 7.98. The Hall–Kier alpha value is -2.28. The summed E-state index contributed by atoms with van der Waals surface area (Å²) in [6.45, 7) is 0.841. The minimum Gasteiger partial charge on any atom is -0.497 e. The number of anilines is 1. The zero-order valence-corrected chi connectivity index (χ0v) is 13.3. The van der Waals surface area contributed by atoms with Gasteiger partial charge in [-0.2, -0.15) is 16.7 Å². The van der Waals surface area contributed by atoms with Gasteiger partial charge in [-0.25, -0.2) is 9.97 Å². The Bertz CT molecular complexity index is 760. The number of nitrogens with one attached hydrogen (secondary N) is 1. The molecule has 7 heteroatoms. The fourth-order valence-electron chi connectivity index (χ4n) is 2.12. The summed E-state index contributed by atoms with van der Waals surface area (Å²) in [5, 5.41) is 4.33. The molecule has 3 aromatic rings. The number of fused-ring (bicyclic) bond motifs is 1. The molecule has 0 amide bonds. The summed E-state index contributed by atoms with van der Waals surface area (Å²) in [7, 11) is 1.66. The molecule has 22 heavy (non-hydrogen) atoms. The lowest BCUT2D eigenvalue weighted by Gasteiger charge is -2.11. The first-order chi connectivity index (χ1) is 10.8. The highest BCUT2D eigenvalue weighted by Crippen LogP contribution is 2.26. The van der Waals surface area contributed by atoms with E-state index in [1.54, 1.807) is 36.0 Å². The highest BCUT2D eigenvalue weighted by Gasteiger charge is 2.10. The monoisotopic (exact) mass is 315 g/mol. The molecule has 2 aromatic heterocycles. The molecule has 0 fully saturated rings. The second-order valence-electron chi connectivity index (χ2n) is 4.64. The standard InChI is InChI=1S/C15H17N5OS/c1-21-11-3-4-13-12(9-11)14(17-6-8-22-2)19-15(18-13)20-7-5-16-10-20/h3-5,7,9-10H,6,8H2,1-2H3,(H,17,18,19). The molecule has 3 rings (SSSR count). The molecule has 1 aromatic carbocycles. The third-order valence-electron chi connectivity index (χ3n) is 3.23. The molecule has 6 nitrogen and oxygen atoms in total. The fraction of sp³-hybridized carbons (Fsp3) is 0.267. The largest absolute Gasteiger partial charge is 0.497 e. The van der Waals surface area contributed by atoms with Crippen LogP contribution in [0.5, 0.6) is 5.75 Å². The van der Waals surface area contributed by atoms with Crippen molar-refractivity contribution in [2.24, 2.45) is 0 Å². The van der Waals surface area contributed by atoms with E-state index in [-0.39, 0.29) is 0 Å². The molecule has 0 saturated heterocycles. The van der Waals surface area contributed by atoms with E-state index in [1.165, 1.54) is 0 Å². The Morgan fingerprint density at radius 3 is 2.95 bits per heavy atom. The van der Waals surface area contributed by atoms with Gasteiger partial charge in [0.15, 0.2) is 0 Å². The van der Waals surface area contributed by atoms with E-state index >= 15 is 0 Å². The van der Waals surface area contributed by atoms with E-state index in [9.17, 15) is 0 Å². The van der Waals surface area contributed by atoms with Crippen molar-refractivity contribution in [3.8, 4) is 11.7 Å². The van der Waals surface area contributed by atoms with Crippen molar-refractivity contribution in [2.45, 2.75) is 0 Å². The van der Waals surface area contributed by atoms with Gasteiger partial charge in [0, 0.05) is 30.1 Å². The summed E-state index contributed by atoms with van der Waals surface area (Å²) in [4.78, 5) is 13.3. The second kappa shape index (κ2) is 6.65. The van der Waals surface area contributed by atoms with Gasteiger partial charge in [-0.15, -0.1) is 0 Å². The third kappa shape index (κ3) is 2.99. The van der Waals surface area contributed by atoms with E-state index in [4.69, 9.17) is 4.74 Å². The van der Waals surface area contributed by atoms with Crippen molar-refractivity contribution in [1.82, 2.24) is 19.5 Å². The predicted molar refractivity (Wildman–Crippen MR) is 90.1 cm³/mol. The average Bonchev–Trinajstić information content (AvgIpc) is 3.09. The molecule has 0 unspecified atom stereocenters. The summed E-state index contributed by atoms with van der Waals surface area (Å²) in [6.07, 6.45) is 7.31. The van der Waals surface area contributed by atoms with E-state index in [0.717, 1.165) is 34.8 Å². The Morgan fingerprint density at radius 1 is 1.32 bits per heavy atom. The molecule has 0 radical (unpaired) electrons. The summed E-state index contributed by atoms with van der Waals surface area (Å²) in [5.74, 6) is 3.21. The van der Waals surface area contributed by atoms with Gasteiger partial charge in [0.25, 0.3) is 0 Å². The lowest BCUT2D eigenvalue weighted by molar-refractivity contribution is 0.415. The topological polar surface area (TPSA) is 64.9 Å². The van der Waals surface area contributed by atoms with E-state index in [2.05, 4.69) is 26.5 Å². The van der Waals surface area contributed by atoms with Crippen LogP contribution in [0.25, 0.3) is 16.9 Å². The number of aromatic nitrogens is 4. The highest BCUT2D eigenvalue weighted by atomic mass is 32.2. The molecule has 1 N–H and O–H groups in total. The van der Waals surface area contributed by atoms with Crippen molar-refractivity contribution < 1.29 is 4.74 Å². The lowest BCUT2D eigenvalue weighted by Crippen LogP contribution is -2.09. The van der Waals surface area contributed by atoms with Crippen LogP contribution in [0.3, 0.4) is 0 Å². The second-order valence-corrected chi connectivity index (χ2v) is 5.63. The molecular weight excluding hydrogens is 298 g/mol. The molecular formula is C15H17N5OS. The SMILES string of the molecule is COc1ccc2nc(-n3ccnc3)nc(NCCSC)c2c1. The maximum atomic E-state index is 5.30. The number of hydrogen-bond donors (Lipinski definition) is 1. The molecule has 0 aliphatic heterocycles. The fourth-order valence-corrected chi connectivity index (χ4v) is 2.43. The van der Waals surface area contributed by atoms with Crippen molar-refractivity contribution in [3.05, 3.63) is 36.9 Å². The lowest BCUT2D eigenvalue weighted by atomic mass is 10.2. The van der Waals surface area contributed by atoms with Crippen LogP contribution in [0, 0.1) is 0 Å². The van der Waals surface area contributed by atoms with E-state index in [0.29, 0.717) is 5.95 Å². The predicted octanol–water partition coefficient (Wildman–Crippen LogP) is 2.60. The third-order valence-corrected chi connectivity index (χ3v) is 3.84. The number of thioether (sulfide) groups is 1. The number of ether oxygens (including phenoxy) is 1. The molecule has 114 valence electrons. The van der Waals surface area contributed by atoms with E-state index in [1.807, 2.05) is 24.4 Å². The number of rotatable bonds is 6. The number of nitrogens with zero attached hydrogens (tertiary/aromatic N) is 4. The summed E-state index contributed by atoms with van der Waals surface area (Å²) >= 11 is 1.79. The van der Waals surface area contributed by atoms with Gasteiger partial charge in [-0.05, 0) is 24.5 Å². The number of methoxy groups -OCH3 is 1. The van der Waals surface area contributed by atoms with Crippen LogP contribution in [0.15, 0.2) is 36.9 Å².